The first kappa shape index (κ1) is 16.1. The number of nitrogens with two attached hydrogens (primary N) is 1. The molecule has 1 aromatic rings. The Kier molecular flexibility index (Phi) is 4.75. The Morgan fingerprint density at radius 2 is 2.05 bits per heavy atom. The number of nitrogens with zero attached hydrogens (tertiary/aromatic N) is 1. The number of rotatable bonds is 5. The van der Waals surface area contributed by atoms with Gasteiger partial charge in [0.2, 0.25) is 10.0 Å². The first-order valence-corrected chi connectivity index (χ1v) is 8.32. The van der Waals surface area contributed by atoms with Crippen LogP contribution in [-0.2, 0) is 10.0 Å². The van der Waals surface area contributed by atoms with E-state index < -0.39 is 10.0 Å². The molecule has 1 saturated heterocycles. The maximum Gasteiger partial charge on any atom is 0.247 e. The van der Waals surface area contributed by atoms with E-state index in [1.807, 2.05) is 6.92 Å². The van der Waals surface area contributed by atoms with E-state index in [4.69, 9.17) is 15.2 Å². The summed E-state index contributed by atoms with van der Waals surface area (Å²) in [6, 6.07) is 4.66. The first-order chi connectivity index (χ1) is 9.93. The van der Waals surface area contributed by atoms with Gasteiger partial charge in [0.1, 0.15) is 16.4 Å². The van der Waals surface area contributed by atoms with Crippen LogP contribution in [0, 0.1) is 5.92 Å². The molecule has 1 fully saturated rings. The van der Waals surface area contributed by atoms with Gasteiger partial charge in [0, 0.05) is 18.7 Å². The lowest BCUT2D eigenvalue weighted by Crippen LogP contribution is -2.34. The van der Waals surface area contributed by atoms with Crippen LogP contribution >= 0.6 is 0 Å². The summed E-state index contributed by atoms with van der Waals surface area (Å²) < 4.78 is 37.5. The average Bonchev–Trinajstić information content (AvgIpc) is 2.88. The number of benzene rings is 1. The summed E-state index contributed by atoms with van der Waals surface area (Å²) in [6.07, 6.45) is 0.786. The molecular formula is C14H22N2O4S. The highest BCUT2D eigenvalue weighted by molar-refractivity contribution is 7.89. The zero-order valence-corrected chi connectivity index (χ0v) is 13.4. The van der Waals surface area contributed by atoms with Crippen molar-refractivity contribution >= 4 is 10.0 Å². The molecule has 0 amide bonds. The Morgan fingerprint density at radius 3 is 2.57 bits per heavy atom. The minimum Gasteiger partial charge on any atom is -0.497 e. The average molecular weight is 314 g/mol. The fourth-order valence-corrected chi connectivity index (χ4v) is 4.59. The minimum absolute atomic E-state index is 0.0599. The van der Waals surface area contributed by atoms with Crippen molar-refractivity contribution in [3.63, 3.8) is 0 Å². The molecule has 0 aromatic heterocycles. The monoisotopic (exact) mass is 314 g/mol. The largest absolute Gasteiger partial charge is 0.497 e. The van der Waals surface area contributed by atoms with Crippen LogP contribution < -0.4 is 15.2 Å². The summed E-state index contributed by atoms with van der Waals surface area (Å²) in [5.41, 5.74) is 5.67. The molecule has 0 radical (unpaired) electrons. The molecule has 6 nitrogen and oxygen atoms in total. The zero-order valence-electron chi connectivity index (χ0n) is 12.6. The fourth-order valence-electron chi connectivity index (χ4n) is 2.73. The molecule has 0 aliphatic carbocycles. The molecule has 2 rings (SSSR count). The third kappa shape index (κ3) is 3.00. The van der Waals surface area contributed by atoms with E-state index in [0.29, 0.717) is 18.8 Å². The van der Waals surface area contributed by atoms with Gasteiger partial charge in [-0.1, -0.05) is 0 Å². The van der Waals surface area contributed by atoms with Gasteiger partial charge >= 0.3 is 0 Å². The normalized spacial score (nSPS) is 23.2. The number of sulfonamides is 1. The van der Waals surface area contributed by atoms with E-state index in [9.17, 15) is 8.42 Å². The van der Waals surface area contributed by atoms with Crippen molar-refractivity contribution in [1.82, 2.24) is 4.31 Å². The standard InChI is InChI=1S/C14H22N2O4S/c1-10-6-11(8-15)9-16(10)21(17,18)14-5-4-12(19-2)7-13(14)20-3/h4-5,7,10-11H,6,8-9,15H2,1-3H3. The third-order valence-corrected chi connectivity index (χ3v) is 5.91. The molecule has 2 N–H and O–H groups in total. The van der Waals surface area contributed by atoms with E-state index >= 15 is 0 Å². The van der Waals surface area contributed by atoms with E-state index in [0.717, 1.165) is 6.42 Å². The molecule has 1 aliphatic heterocycles. The van der Waals surface area contributed by atoms with Crippen LogP contribution in [0.2, 0.25) is 0 Å². The minimum atomic E-state index is -3.60. The lowest BCUT2D eigenvalue weighted by molar-refractivity contribution is 0.376. The Hall–Kier alpha value is -1.31. The second-order valence-electron chi connectivity index (χ2n) is 5.28. The summed E-state index contributed by atoms with van der Waals surface area (Å²) in [4.78, 5) is 0.162. The summed E-state index contributed by atoms with van der Waals surface area (Å²) >= 11 is 0. The molecule has 0 bridgehead atoms. The second-order valence-corrected chi connectivity index (χ2v) is 7.14. The Bertz CT molecular complexity index is 603. The van der Waals surface area contributed by atoms with Crippen molar-refractivity contribution in [2.45, 2.75) is 24.3 Å². The highest BCUT2D eigenvalue weighted by Crippen LogP contribution is 2.34. The van der Waals surface area contributed by atoms with E-state index in [1.54, 1.807) is 12.1 Å². The summed E-state index contributed by atoms with van der Waals surface area (Å²) in [5, 5.41) is 0. The maximum absolute atomic E-state index is 12.8. The van der Waals surface area contributed by atoms with E-state index in [1.165, 1.54) is 24.6 Å². The third-order valence-electron chi connectivity index (χ3n) is 3.89. The van der Waals surface area contributed by atoms with Gasteiger partial charge < -0.3 is 15.2 Å². The topological polar surface area (TPSA) is 81.9 Å². The Balaban J connectivity index is 2.40. The van der Waals surface area contributed by atoms with Crippen LogP contribution in [0.4, 0.5) is 0 Å². The molecule has 7 heteroatoms. The molecule has 118 valence electrons. The van der Waals surface area contributed by atoms with E-state index in [-0.39, 0.29) is 22.6 Å². The van der Waals surface area contributed by atoms with Crippen molar-refractivity contribution in [2.24, 2.45) is 11.7 Å². The van der Waals surface area contributed by atoms with Crippen molar-refractivity contribution in [1.29, 1.82) is 0 Å². The summed E-state index contributed by atoms with van der Waals surface area (Å²) in [6.45, 7) is 2.86. The lowest BCUT2D eigenvalue weighted by Gasteiger charge is -2.22. The molecule has 21 heavy (non-hydrogen) atoms. The van der Waals surface area contributed by atoms with Gasteiger partial charge in [0.15, 0.2) is 0 Å². The van der Waals surface area contributed by atoms with E-state index in [2.05, 4.69) is 0 Å². The number of hydrogen-bond donors (Lipinski definition) is 1. The van der Waals surface area contributed by atoms with Crippen LogP contribution in [0.3, 0.4) is 0 Å². The highest BCUT2D eigenvalue weighted by atomic mass is 32.2. The maximum atomic E-state index is 12.8. The van der Waals surface area contributed by atoms with Gasteiger partial charge in [-0.05, 0) is 37.9 Å². The van der Waals surface area contributed by atoms with Crippen molar-refractivity contribution in [2.75, 3.05) is 27.3 Å². The van der Waals surface area contributed by atoms with Crippen LogP contribution in [0.25, 0.3) is 0 Å². The fraction of sp³-hybridized carbons (Fsp3) is 0.571. The van der Waals surface area contributed by atoms with Gasteiger partial charge in [-0.25, -0.2) is 8.42 Å². The summed E-state index contributed by atoms with van der Waals surface area (Å²) in [7, 11) is -0.628. The summed E-state index contributed by atoms with van der Waals surface area (Å²) in [5.74, 6) is 1.05. The van der Waals surface area contributed by atoms with Crippen LogP contribution in [0.1, 0.15) is 13.3 Å². The molecule has 2 atom stereocenters. The first-order valence-electron chi connectivity index (χ1n) is 6.88. The smallest absolute Gasteiger partial charge is 0.247 e. The molecule has 0 saturated carbocycles. The predicted octanol–water partition coefficient (Wildman–Crippen LogP) is 1.06. The lowest BCUT2D eigenvalue weighted by atomic mass is 10.1. The highest BCUT2D eigenvalue weighted by Gasteiger charge is 2.38. The Labute approximate surface area is 125 Å². The van der Waals surface area contributed by atoms with Gasteiger partial charge in [0.25, 0.3) is 0 Å². The molecule has 1 aromatic carbocycles. The van der Waals surface area contributed by atoms with Gasteiger partial charge in [0.05, 0.1) is 14.2 Å². The number of methoxy groups -OCH3 is 2. The Morgan fingerprint density at radius 1 is 1.33 bits per heavy atom. The molecular weight excluding hydrogens is 292 g/mol. The van der Waals surface area contributed by atoms with Gasteiger partial charge in [-0.3, -0.25) is 0 Å². The van der Waals surface area contributed by atoms with Gasteiger partial charge in [-0.15, -0.1) is 0 Å². The van der Waals surface area contributed by atoms with Gasteiger partial charge in [-0.2, -0.15) is 4.31 Å². The van der Waals surface area contributed by atoms with Crippen LogP contribution in [0.5, 0.6) is 11.5 Å². The van der Waals surface area contributed by atoms with Crippen molar-refractivity contribution < 1.29 is 17.9 Å². The van der Waals surface area contributed by atoms with Crippen molar-refractivity contribution in [3.05, 3.63) is 18.2 Å². The SMILES string of the molecule is COc1ccc(S(=O)(=O)N2CC(CN)CC2C)c(OC)c1. The molecule has 2 unspecified atom stereocenters. The molecule has 1 heterocycles. The molecule has 0 spiro atoms. The van der Waals surface area contributed by atoms with Crippen LogP contribution in [0.15, 0.2) is 23.1 Å². The number of hydrogen-bond acceptors (Lipinski definition) is 5. The molecule has 1 aliphatic rings. The quantitative estimate of drug-likeness (QED) is 0.879. The van der Waals surface area contributed by atoms with Crippen LogP contribution in [-0.4, -0.2) is 46.1 Å². The predicted molar refractivity (Wildman–Crippen MR) is 80.1 cm³/mol. The zero-order chi connectivity index (χ0) is 15.6. The number of ether oxygens (including phenoxy) is 2. The van der Waals surface area contributed by atoms with Crippen molar-refractivity contribution in [3.8, 4) is 11.5 Å². The second kappa shape index (κ2) is 6.21.